The van der Waals surface area contributed by atoms with Gasteiger partial charge in [0.1, 0.15) is 16.1 Å². The third kappa shape index (κ3) is 3.44. The van der Waals surface area contributed by atoms with Crippen molar-refractivity contribution >= 4 is 20.7 Å². The van der Waals surface area contributed by atoms with Gasteiger partial charge in [0.25, 0.3) is 5.56 Å². The van der Waals surface area contributed by atoms with E-state index in [1.165, 1.54) is 19.2 Å². The molecule has 0 amide bonds. The number of alkyl halides is 3. The molecule has 0 unspecified atom stereocenters. The second kappa shape index (κ2) is 6.84. The maximum absolute atomic E-state index is 13.0. The SMILES string of the molecule is CCS(=O)(=O)c1cc(C2(C#N)CC2)cnc1-n1ncc2ccc(C(F)(F)F)nc2c1=O. The van der Waals surface area contributed by atoms with E-state index in [0.29, 0.717) is 23.1 Å². The molecule has 0 saturated heterocycles. The van der Waals surface area contributed by atoms with E-state index < -0.39 is 38.2 Å². The number of rotatable bonds is 4. The highest BCUT2D eigenvalue weighted by Crippen LogP contribution is 2.48. The van der Waals surface area contributed by atoms with Gasteiger partial charge in [-0.15, -0.1) is 0 Å². The smallest absolute Gasteiger partial charge is 0.265 e. The molecule has 31 heavy (non-hydrogen) atoms. The van der Waals surface area contributed by atoms with Gasteiger partial charge in [-0.3, -0.25) is 4.79 Å². The molecule has 0 N–H and O–H groups in total. The Morgan fingerprint density at radius 1 is 1.26 bits per heavy atom. The summed E-state index contributed by atoms with van der Waals surface area (Å²) in [5.41, 5.74) is -3.25. The first-order valence-electron chi connectivity index (χ1n) is 9.13. The van der Waals surface area contributed by atoms with Gasteiger partial charge in [0.05, 0.1) is 23.4 Å². The minimum atomic E-state index is -4.76. The van der Waals surface area contributed by atoms with Crippen molar-refractivity contribution in [1.82, 2.24) is 19.7 Å². The molecule has 8 nitrogen and oxygen atoms in total. The van der Waals surface area contributed by atoms with Crippen molar-refractivity contribution in [2.45, 2.75) is 36.3 Å². The lowest BCUT2D eigenvalue weighted by Gasteiger charge is -2.14. The summed E-state index contributed by atoms with van der Waals surface area (Å²) in [5.74, 6) is -0.672. The summed E-state index contributed by atoms with van der Waals surface area (Å²) in [4.78, 5) is 20.1. The fourth-order valence-electron chi connectivity index (χ4n) is 3.16. The van der Waals surface area contributed by atoms with E-state index in [2.05, 4.69) is 21.1 Å². The molecule has 0 aliphatic heterocycles. The summed E-state index contributed by atoms with van der Waals surface area (Å²) in [6.45, 7) is 1.40. The van der Waals surface area contributed by atoms with E-state index in [1.807, 2.05) is 0 Å². The highest BCUT2D eigenvalue weighted by atomic mass is 32.2. The van der Waals surface area contributed by atoms with Gasteiger partial charge in [-0.2, -0.15) is 28.2 Å². The fraction of sp³-hybridized carbons (Fsp3) is 0.316. The van der Waals surface area contributed by atoms with Crippen LogP contribution < -0.4 is 5.56 Å². The first-order chi connectivity index (χ1) is 14.5. The molecule has 0 spiro atoms. The molecule has 0 atom stereocenters. The van der Waals surface area contributed by atoms with Gasteiger partial charge in [-0.1, -0.05) is 6.92 Å². The Morgan fingerprint density at radius 3 is 2.55 bits per heavy atom. The predicted molar refractivity (Wildman–Crippen MR) is 102 cm³/mol. The second-order valence-corrected chi connectivity index (χ2v) is 9.38. The number of nitrogens with zero attached hydrogens (tertiary/aromatic N) is 5. The van der Waals surface area contributed by atoms with Gasteiger partial charge in [0.2, 0.25) is 0 Å². The number of halogens is 3. The van der Waals surface area contributed by atoms with Crippen LogP contribution >= 0.6 is 0 Å². The zero-order valence-electron chi connectivity index (χ0n) is 16.0. The van der Waals surface area contributed by atoms with Crippen LogP contribution in [0.25, 0.3) is 16.7 Å². The molecule has 160 valence electrons. The highest BCUT2D eigenvalue weighted by Gasteiger charge is 2.46. The normalized spacial score (nSPS) is 15.6. The maximum Gasteiger partial charge on any atom is 0.433 e. The number of pyridine rings is 2. The number of fused-ring (bicyclic) bond motifs is 1. The first-order valence-corrected chi connectivity index (χ1v) is 10.8. The van der Waals surface area contributed by atoms with Crippen LogP contribution in [0.1, 0.15) is 31.0 Å². The molecule has 3 aromatic heterocycles. The van der Waals surface area contributed by atoms with Crippen molar-refractivity contribution in [2.75, 3.05) is 5.75 Å². The van der Waals surface area contributed by atoms with Crippen molar-refractivity contribution in [2.24, 2.45) is 0 Å². The Labute approximate surface area is 173 Å². The number of hydrogen-bond donors (Lipinski definition) is 0. The van der Waals surface area contributed by atoms with Crippen LogP contribution in [0.5, 0.6) is 0 Å². The van der Waals surface area contributed by atoms with Crippen LogP contribution in [0.15, 0.2) is 40.3 Å². The molecule has 3 heterocycles. The Kier molecular flexibility index (Phi) is 4.62. The number of hydrogen-bond acceptors (Lipinski definition) is 7. The van der Waals surface area contributed by atoms with E-state index in [0.717, 1.165) is 18.3 Å². The average Bonchev–Trinajstić information content (AvgIpc) is 3.54. The van der Waals surface area contributed by atoms with Gasteiger partial charge in [-0.25, -0.2) is 18.4 Å². The van der Waals surface area contributed by atoms with Crippen LogP contribution in [-0.4, -0.2) is 33.9 Å². The highest BCUT2D eigenvalue weighted by molar-refractivity contribution is 7.91. The van der Waals surface area contributed by atoms with E-state index in [4.69, 9.17) is 0 Å². The maximum atomic E-state index is 13.0. The Morgan fingerprint density at radius 2 is 1.97 bits per heavy atom. The standard InChI is InChI=1S/C19H14F3N5O3S/c1-2-31(29,30)13-7-12(18(10-23)5-6-18)9-24-16(13)27-17(28)15-11(8-25-27)3-4-14(26-15)19(20,21)22/h3-4,7-9H,2,5-6H2,1H3. The predicted octanol–water partition coefficient (Wildman–Crippen LogP) is 2.54. The molecule has 1 aliphatic rings. The van der Waals surface area contributed by atoms with Crippen molar-refractivity contribution < 1.29 is 21.6 Å². The average molecular weight is 449 g/mol. The lowest BCUT2D eigenvalue weighted by molar-refractivity contribution is -0.140. The van der Waals surface area contributed by atoms with Gasteiger partial charge in [0.15, 0.2) is 15.7 Å². The Bertz CT molecular complexity index is 1420. The molecular weight excluding hydrogens is 435 g/mol. The number of aromatic nitrogens is 4. The molecule has 1 fully saturated rings. The lowest BCUT2D eigenvalue weighted by Crippen LogP contribution is -2.26. The second-order valence-electron chi connectivity index (χ2n) is 7.14. The van der Waals surface area contributed by atoms with Crippen molar-refractivity contribution in [3.63, 3.8) is 0 Å². The van der Waals surface area contributed by atoms with Crippen LogP contribution in [0, 0.1) is 11.3 Å². The van der Waals surface area contributed by atoms with Crippen molar-refractivity contribution in [1.29, 1.82) is 5.26 Å². The Balaban J connectivity index is 1.98. The van der Waals surface area contributed by atoms with Crippen LogP contribution in [0.4, 0.5) is 13.2 Å². The van der Waals surface area contributed by atoms with Gasteiger partial charge in [-0.05, 0) is 36.6 Å². The third-order valence-corrected chi connectivity index (χ3v) is 6.92. The third-order valence-electron chi connectivity index (χ3n) is 5.19. The minimum Gasteiger partial charge on any atom is -0.265 e. The summed E-state index contributed by atoms with van der Waals surface area (Å²) < 4.78 is 65.1. The topological polar surface area (TPSA) is 119 Å². The van der Waals surface area contributed by atoms with Gasteiger partial charge in [0, 0.05) is 11.6 Å². The monoisotopic (exact) mass is 449 g/mol. The van der Waals surface area contributed by atoms with Crippen molar-refractivity contribution in [3.8, 4) is 11.9 Å². The van der Waals surface area contributed by atoms with Crippen LogP contribution in [0.3, 0.4) is 0 Å². The fourth-order valence-corrected chi connectivity index (χ4v) is 4.19. The quantitative estimate of drug-likeness (QED) is 0.600. The zero-order valence-corrected chi connectivity index (χ0v) is 16.8. The minimum absolute atomic E-state index is 0.0622. The number of sulfone groups is 1. The first kappa shape index (κ1) is 20.9. The van der Waals surface area contributed by atoms with Crippen molar-refractivity contribution in [3.05, 3.63) is 52.2 Å². The molecular formula is C19H14F3N5O3S. The molecule has 0 bridgehead atoms. The molecule has 1 aliphatic carbocycles. The molecule has 0 radical (unpaired) electrons. The van der Waals surface area contributed by atoms with E-state index in [1.54, 1.807) is 0 Å². The summed E-state index contributed by atoms with van der Waals surface area (Å²) >= 11 is 0. The molecule has 12 heteroatoms. The van der Waals surface area contributed by atoms with E-state index in [-0.39, 0.29) is 21.9 Å². The van der Waals surface area contributed by atoms with Gasteiger partial charge >= 0.3 is 6.18 Å². The number of nitriles is 1. The summed E-state index contributed by atoms with van der Waals surface area (Å²) in [6, 6.07) is 5.22. The molecule has 1 saturated carbocycles. The largest absolute Gasteiger partial charge is 0.433 e. The van der Waals surface area contributed by atoms with Crippen LogP contribution in [0.2, 0.25) is 0 Å². The summed E-state index contributed by atoms with van der Waals surface area (Å²) in [7, 11) is -3.91. The molecule has 3 aromatic rings. The van der Waals surface area contributed by atoms with E-state index >= 15 is 0 Å². The summed E-state index contributed by atoms with van der Waals surface area (Å²) in [6.07, 6.45) is -1.26. The molecule has 4 rings (SSSR count). The van der Waals surface area contributed by atoms with Crippen LogP contribution in [-0.2, 0) is 21.4 Å². The molecule has 0 aromatic carbocycles. The zero-order chi connectivity index (χ0) is 22.6. The summed E-state index contributed by atoms with van der Waals surface area (Å²) in [5, 5.41) is 13.4. The van der Waals surface area contributed by atoms with E-state index in [9.17, 15) is 31.6 Å². The Hall–Kier alpha value is -3.33. The van der Waals surface area contributed by atoms with Gasteiger partial charge < -0.3 is 0 Å². The lowest BCUT2D eigenvalue weighted by atomic mass is 10.00.